The van der Waals surface area contributed by atoms with Gasteiger partial charge in [-0.3, -0.25) is 4.79 Å². The van der Waals surface area contributed by atoms with Crippen LogP contribution in [0.25, 0.3) is 17.1 Å². The third kappa shape index (κ3) is 6.10. The number of rotatable bonds is 11. The summed E-state index contributed by atoms with van der Waals surface area (Å²) in [4.78, 5) is 17.2. The fourth-order valence-electron chi connectivity index (χ4n) is 4.03. The van der Waals surface area contributed by atoms with Crippen molar-refractivity contribution in [3.8, 4) is 11.5 Å². The van der Waals surface area contributed by atoms with Crippen LogP contribution in [0.3, 0.4) is 0 Å². The third-order valence-electron chi connectivity index (χ3n) is 5.83. The Labute approximate surface area is 210 Å². The van der Waals surface area contributed by atoms with Crippen LogP contribution in [0, 0.1) is 5.82 Å². The van der Waals surface area contributed by atoms with E-state index in [9.17, 15) is 9.18 Å². The number of carbonyl (C=O) groups is 1. The Morgan fingerprint density at radius 2 is 1.86 bits per heavy atom. The zero-order valence-electron chi connectivity index (χ0n) is 20.5. The molecule has 4 aromatic rings. The number of aryl methyl sites for hydroxylation is 1. The van der Waals surface area contributed by atoms with Crippen molar-refractivity contribution in [3.63, 3.8) is 0 Å². The summed E-state index contributed by atoms with van der Waals surface area (Å²) < 4.78 is 26.7. The highest BCUT2D eigenvalue weighted by atomic mass is 19.1. The number of ether oxygens (including phenoxy) is 2. The molecule has 0 fully saturated rings. The summed E-state index contributed by atoms with van der Waals surface area (Å²) in [6.45, 7) is 3.55. The largest absolute Gasteiger partial charge is 0.493 e. The Kier molecular flexibility index (Phi) is 8.34. The van der Waals surface area contributed by atoms with Crippen molar-refractivity contribution in [3.05, 3.63) is 95.6 Å². The molecule has 0 aliphatic heterocycles. The Morgan fingerprint density at radius 3 is 2.64 bits per heavy atom. The zero-order valence-corrected chi connectivity index (χ0v) is 20.5. The number of methoxy groups -OCH3 is 1. The monoisotopic (exact) mass is 487 g/mol. The molecule has 1 N–H and O–H groups in total. The summed E-state index contributed by atoms with van der Waals surface area (Å²) in [6.07, 6.45) is 5.71. The van der Waals surface area contributed by atoms with Gasteiger partial charge in [-0.15, -0.1) is 0 Å². The molecule has 0 saturated heterocycles. The van der Waals surface area contributed by atoms with Crippen molar-refractivity contribution < 1.29 is 18.7 Å². The minimum absolute atomic E-state index is 0.267. The summed E-state index contributed by atoms with van der Waals surface area (Å²) in [5.74, 6) is 1.57. The van der Waals surface area contributed by atoms with Crippen molar-refractivity contribution in [2.24, 2.45) is 0 Å². The maximum absolute atomic E-state index is 13.2. The lowest BCUT2D eigenvalue weighted by molar-refractivity contribution is 0.0949. The first-order valence-corrected chi connectivity index (χ1v) is 12.0. The molecule has 186 valence electrons. The fraction of sp³-hybridized carbons (Fsp3) is 0.241. The van der Waals surface area contributed by atoms with Crippen molar-refractivity contribution in [2.75, 3.05) is 13.7 Å². The van der Waals surface area contributed by atoms with E-state index in [0.717, 1.165) is 47.6 Å². The number of amides is 1. The van der Waals surface area contributed by atoms with Crippen LogP contribution in [0.1, 0.15) is 41.5 Å². The number of aromatic nitrogens is 2. The molecular formula is C29H30FN3O3. The summed E-state index contributed by atoms with van der Waals surface area (Å²) in [7, 11) is 1.64. The van der Waals surface area contributed by atoms with Gasteiger partial charge in [0.25, 0.3) is 5.91 Å². The predicted octanol–water partition coefficient (Wildman–Crippen LogP) is 6.01. The molecule has 0 saturated carbocycles. The van der Waals surface area contributed by atoms with E-state index in [1.165, 1.54) is 24.3 Å². The molecular weight excluding hydrogens is 457 g/mol. The quantitative estimate of drug-likeness (QED) is 0.263. The van der Waals surface area contributed by atoms with Crippen LogP contribution < -0.4 is 14.8 Å². The van der Waals surface area contributed by atoms with Gasteiger partial charge < -0.3 is 19.4 Å². The second-order valence-corrected chi connectivity index (χ2v) is 8.32. The van der Waals surface area contributed by atoms with Gasteiger partial charge in [0.1, 0.15) is 11.6 Å². The first-order valence-electron chi connectivity index (χ1n) is 12.0. The van der Waals surface area contributed by atoms with Gasteiger partial charge in [0, 0.05) is 12.1 Å². The van der Waals surface area contributed by atoms with Gasteiger partial charge in [0.15, 0.2) is 11.5 Å². The van der Waals surface area contributed by atoms with Gasteiger partial charge in [0.2, 0.25) is 0 Å². The molecule has 7 heteroatoms. The lowest BCUT2D eigenvalue weighted by atomic mass is 10.2. The average Bonchev–Trinajstić information content (AvgIpc) is 3.25. The van der Waals surface area contributed by atoms with E-state index in [-0.39, 0.29) is 18.3 Å². The Bertz CT molecular complexity index is 1350. The van der Waals surface area contributed by atoms with E-state index in [0.29, 0.717) is 17.9 Å². The van der Waals surface area contributed by atoms with Crippen LogP contribution >= 0.6 is 0 Å². The number of imidazole rings is 1. The van der Waals surface area contributed by atoms with E-state index < -0.39 is 0 Å². The van der Waals surface area contributed by atoms with Crippen LogP contribution in [0.5, 0.6) is 11.5 Å². The molecule has 0 unspecified atom stereocenters. The Hall–Kier alpha value is -4.13. The SMILES string of the molecule is C/C=C/c1ccc(OCCCCn2c(CNC(=O)c3ccc(F)cc3)nc3ccccc32)c(OC)c1. The Balaban J connectivity index is 1.36. The first kappa shape index (κ1) is 25.0. The third-order valence-corrected chi connectivity index (χ3v) is 5.83. The standard InChI is InChI=1S/C29H30FN3O3/c1-3-8-21-11-16-26(27(19-21)35-2)36-18-7-6-17-33-25-10-5-4-9-24(25)32-28(33)20-31-29(34)22-12-14-23(30)15-13-22/h3-5,8-16,19H,6-7,17-18,20H2,1-2H3,(H,31,34)/b8-3+. The molecule has 0 bridgehead atoms. The lowest BCUT2D eigenvalue weighted by Crippen LogP contribution is -2.24. The summed E-state index contributed by atoms with van der Waals surface area (Å²) in [5.41, 5.74) is 3.37. The number of fused-ring (bicyclic) bond motifs is 1. The van der Waals surface area contributed by atoms with Crippen LogP contribution in [-0.2, 0) is 13.1 Å². The van der Waals surface area contributed by atoms with Crippen molar-refractivity contribution in [1.82, 2.24) is 14.9 Å². The summed E-state index contributed by atoms with van der Waals surface area (Å²) >= 11 is 0. The molecule has 4 rings (SSSR count). The van der Waals surface area contributed by atoms with Gasteiger partial charge in [-0.05, 0) is 73.9 Å². The van der Waals surface area contributed by atoms with E-state index in [4.69, 9.17) is 14.5 Å². The van der Waals surface area contributed by atoms with Crippen molar-refractivity contribution in [2.45, 2.75) is 32.9 Å². The van der Waals surface area contributed by atoms with Crippen LogP contribution in [-0.4, -0.2) is 29.2 Å². The zero-order chi connectivity index (χ0) is 25.3. The highest BCUT2D eigenvalue weighted by molar-refractivity contribution is 5.94. The maximum atomic E-state index is 13.2. The highest BCUT2D eigenvalue weighted by Crippen LogP contribution is 2.29. The smallest absolute Gasteiger partial charge is 0.251 e. The van der Waals surface area contributed by atoms with Crippen LogP contribution in [0.15, 0.2) is 72.8 Å². The summed E-state index contributed by atoms with van der Waals surface area (Å²) in [5, 5.41) is 2.90. The maximum Gasteiger partial charge on any atom is 0.251 e. The molecule has 0 aliphatic carbocycles. The molecule has 3 aromatic carbocycles. The fourth-order valence-corrected chi connectivity index (χ4v) is 4.03. The van der Waals surface area contributed by atoms with E-state index in [2.05, 4.69) is 9.88 Å². The lowest BCUT2D eigenvalue weighted by Gasteiger charge is -2.13. The average molecular weight is 488 g/mol. The number of benzene rings is 3. The number of halogens is 1. The van der Waals surface area contributed by atoms with Gasteiger partial charge in [-0.1, -0.05) is 30.4 Å². The number of para-hydroxylation sites is 2. The molecule has 0 aliphatic rings. The van der Waals surface area contributed by atoms with E-state index in [1.807, 2.05) is 61.5 Å². The first-order chi connectivity index (χ1) is 17.6. The van der Waals surface area contributed by atoms with Gasteiger partial charge in [-0.25, -0.2) is 9.37 Å². The van der Waals surface area contributed by atoms with Crippen molar-refractivity contribution >= 4 is 23.0 Å². The molecule has 6 nitrogen and oxygen atoms in total. The molecule has 1 amide bonds. The van der Waals surface area contributed by atoms with Crippen molar-refractivity contribution in [1.29, 1.82) is 0 Å². The number of nitrogens with one attached hydrogen (secondary N) is 1. The van der Waals surface area contributed by atoms with E-state index in [1.54, 1.807) is 7.11 Å². The normalized spacial score (nSPS) is 11.2. The van der Waals surface area contributed by atoms with E-state index >= 15 is 0 Å². The van der Waals surface area contributed by atoms with Gasteiger partial charge >= 0.3 is 0 Å². The minimum atomic E-state index is -0.374. The Morgan fingerprint density at radius 1 is 1.06 bits per heavy atom. The molecule has 1 heterocycles. The minimum Gasteiger partial charge on any atom is -0.493 e. The van der Waals surface area contributed by atoms with Crippen LogP contribution in [0.4, 0.5) is 4.39 Å². The number of unbranched alkanes of at least 4 members (excludes halogenated alkanes) is 1. The molecule has 0 radical (unpaired) electrons. The molecule has 1 aromatic heterocycles. The predicted molar refractivity (Wildman–Crippen MR) is 140 cm³/mol. The number of hydrogen-bond acceptors (Lipinski definition) is 4. The second kappa shape index (κ2) is 12.0. The summed E-state index contributed by atoms with van der Waals surface area (Å²) in [6, 6.07) is 19.3. The topological polar surface area (TPSA) is 65.4 Å². The molecule has 0 atom stereocenters. The molecule has 36 heavy (non-hydrogen) atoms. The van der Waals surface area contributed by atoms with Crippen LogP contribution in [0.2, 0.25) is 0 Å². The number of allylic oxidation sites excluding steroid dienone is 1. The number of nitrogens with zero attached hydrogens (tertiary/aromatic N) is 2. The van der Waals surface area contributed by atoms with Gasteiger partial charge in [-0.2, -0.15) is 0 Å². The number of hydrogen-bond donors (Lipinski definition) is 1. The highest BCUT2D eigenvalue weighted by Gasteiger charge is 2.13. The van der Waals surface area contributed by atoms with Gasteiger partial charge in [0.05, 0.1) is 31.3 Å². The number of carbonyl (C=O) groups excluding carboxylic acids is 1. The second-order valence-electron chi connectivity index (χ2n) is 8.32. The molecule has 0 spiro atoms.